The molecule has 4 N–H and O–H groups in total. The van der Waals surface area contributed by atoms with Gasteiger partial charge in [0.1, 0.15) is 58.7 Å². The molecule has 17 heteroatoms. The topological polar surface area (TPSA) is 185 Å². The van der Waals surface area contributed by atoms with E-state index in [9.17, 15) is 24.3 Å². The van der Waals surface area contributed by atoms with Gasteiger partial charge in [-0.15, -0.1) is 11.3 Å². The summed E-state index contributed by atoms with van der Waals surface area (Å²) >= 11 is 8.58. The van der Waals surface area contributed by atoms with Crippen LogP contribution in [0.25, 0.3) is 22.3 Å². The molecule has 340 valence electrons. The summed E-state index contributed by atoms with van der Waals surface area (Å²) in [5.74, 6) is -1.08. The van der Waals surface area contributed by atoms with Crippen LogP contribution in [0, 0.1) is 17.3 Å². The lowest BCUT2D eigenvalue weighted by atomic mass is 9.85. The number of thiazole rings is 1. The van der Waals surface area contributed by atoms with Crippen LogP contribution in [0.1, 0.15) is 92.9 Å². The Morgan fingerprint density at radius 2 is 1.84 bits per heavy atom. The highest BCUT2D eigenvalue weighted by molar-refractivity contribution is 7.14. The van der Waals surface area contributed by atoms with E-state index >= 15 is 0 Å². The largest absolute Gasteiger partial charge is 0.491 e. The van der Waals surface area contributed by atoms with E-state index in [1.807, 2.05) is 59.1 Å². The third kappa shape index (κ3) is 9.87. The molecule has 1 unspecified atom stereocenters. The predicted octanol–water partition coefficient (Wildman–Crippen LogP) is 7.27. The number of nitrogens with one attached hydrogen (secondary N) is 3. The van der Waals surface area contributed by atoms with Crippen molar-refractivity contribution in [2.75, 3.05) is 38.1 Å². The Balaban J connectivity index is 1.09. The maximum atomic E-state index is 14.8. The van der Waals surface area contributed by atoms with Crippen LogP contribution in [-0.2, 0) is 19.1 Å². The number of alkyl carbamates (subject to hydrolysis) is 1. The van der Waals surface area contributed by atoms with Gasteiger partial charge in [-0.05, 0) is 94.5 Å². The second kappa shape index (κ2) is 18.1. The van der Waals surface area contributed by atoms with Gasteiger partial charge in [0.25, 0.3) is 0 Å². The van der Waals surface area contributed by atoms with Gasteiger partial charge in [-0.25, -0.2) is 19.6 Å². The lowest BCUT2D eigenvalue weighted by Gasteiger charge is -2.35. The molecule has 2 saturated heterocycles. The predicted molar refractivity (Wildman–Crippen MR) is 241 cm³/mol. The number of ether oxygens (including phenoxy) is 3. The van der Waals surface area contributed by atoms with Crippen molar-refractivity contribution >= 4 is 62.8 Å². The first-order valence-corrected chi connectivity index (χ1v) is 23.7. The molecule has 0 bridgehead atoms. The highest BCUT2D eigenvalue weighted by Crippen LogP contribution is 2.48. The van der Waals surface area contributed by atoms with Crippen LogP contribution in [0.2, 0.25) is 5.02 Å². The van der Waals surface area contributed by atoms with Crippen molar-refractivity contribution in [1.82, 2.24) is 30.4 Å². The average molecular weight is 907 g/mol. The second-order valence-corrected chi connectivity index (χ2v) is 20.4. The Bertz CT molecular complexity index is 2270. The standard InChI is InChI=1S/C46H60ClN7O8S/c1-7-28-22-46(28,42(57)58)52-40(55)34-20-30(23-54(34)41(56)39(45(4,5)6)51-44(59)62-29-18-26-17-27(26)19-29)61-36-21-32(33-24-63-43(50-33)48-25(2)3)49-38-31(36)11-12-35(37(38)47)60-16-15-53-13-9-8-10-14-53/h11-12,18,21,24-25,27-30,34,39H,7-10,13-17,19-20,22-23H2,1-6H3,(H,48,50)(H,51,59)(H,52,55)(H,57,58)/t27-,28-,29-,30-,34+,39-,46?/m1/s1. The van der Waals surface area contributed by atoms with Gasteiger partial charge >= 0.3 is 12.1 Å². The summed E-state index contributed by atoms with van der Waals surface area (Å²) in [5, 5.41) is 22.8. The average Bonchev–Trinajstić information content (AvgIpc) is 3.91. The van der Waals surface area contributed by atoms with Crippen molar-refractivity contribution in [2.45, 2.75) is 129 Å². The van der Waals surface area contributed by atoms with Crippen molar-refractivity contribution in [3.05, 3.63) is 40.3 Å². The number of amides is 3. The number of nitrogens with zero attached hydrogens (tertiary/aromatic N) is 4. The Morgan fingerprint density at radius 1 is 1.06 bits per heavy atom. The van der Waals surface area contributed by atoms with Gasteiger partial charge in [0.15, 0.2) is 5.13 Å². The van der Waals surface area contributed by atoms with Crippen LogP contribution in [-0.4, -0.2) is 117 Å². The number of anilines is 1. The van der Waals surface area contributed by atoms with E-state index in [4.69, 9.17) is 35.8 Å². The molecule has 2 aliphatic heterocycles. The minimum atomic E-state index is -1.42. The lowest BCUT2D eigenvalue weighted by Crippen LogP contribution is -2.59. The van der Waals surface area contributed by atoms with E-state index in [0.717, 1.165) is 37.6 Å². The number of carbonyl (C=O) groups is 4. The fourth-order valence-corrected chi connectivity index (χ4v) is 10.4. The van der Waals surface area contributed by atoms with E-state index in [-0.39, 0.29) is 31.0 Å². The van der Waals surface area contributed by atoms with Gasteiger partial charge in [0.05, 0.1) is 17.8 Å². The molecule has 15 nitrogen and oxygen atoms in total. The van der Waals surface area contributed by atoms with Crippen molar-refractivity contribution < 1.29 is 38.5 Å². The SMILES string of the molecule is CC[C@@H]1CC1(NC(=O)[C@@H]1C[C@@H](Oc2cc(-c3csc(NC(C)C)n3)nc3c(Cl)c(OCCN4CCCCC4)ccc23)CN1C(=O)[C@@H](NC(=O)O[C@@H]1C=C2C[C@@H]2C1)C(C)(C)C)C(=O)O. The molecule has 5 aliphatic rings. The highest BCUT2D eigenvalue weighted by atomic mass is 35.5. The molecule has 2 aromatic heterocycles. The number of hydrogen-bond acceptors (Lipinski definition) is 12. The van der Waals surface area contributed by atoms with Crippen LogP contribution < -0.4 is 25.4 Å². The quantitative estimate of drug-likeness (QED) is 0.106. The van der Waals surface area contributed by atoms with Gasteiger partial charge in [-0.1, -0.05) is 57.7 Å². The number of pyridine rings is 1. The normalized spacial score (nSPS) is 25.9. The van der Waals surface area contributed by atoms with Gasteiger partial charge in [-0.3, -0.25) is 14.5 Å². The second-order valence-electron chi connectivity index (χ2n) is 19.2. The molecule has 63 heavy (non-hydrogen) atoms. The van der Waals surface area contributed by atoms with Crippen LogP contribution in [0.15, 0.2) is 35.2 Å². The van der Waals surface area contributed by atoms with Crippen LogP contribution in [0.3, 0.4) is 0 Å². The third-order valence-electron chi connectivity index (χ3n) is 13.0. The Morgan fingerprint density at radius 3 is 2.51 bits per heavy atom. The molecule has 3 aromatic rings. The van der Waals surface area contributed by atoms with Crippen LogP contribution in [0.4, 0.5) is 9.93 Å². The number of carbonyl (C=O) groups excluding carboxylic acids is 3. The van der Waals surface area contributed by atoms with Crippen LogP contribution >= 0.6 is 22.9 Å². The number of fused-ring (bicyclic) bond motifs is 2. The molecule has 0 radical (unpaired) electrons. The summed E-state index contributed by atoms with van der Waals surface area (Å²) in [6.07, 6.45) is 6.46. The number of hydrogen-bond donors (Lipinski definition) is 4. The number of rotatable bonds is 16. The Labute approximate surface area is 377 Å². The number of carboxylic acid groups (broad SMARTS) is 1. The molecule has 7 atom stereocenters. The molecule has 0 spiro atoms. The highest BCUT2D eigenvalue weighted by Gasteiger charge is 2.61. The number of carboxylic acids is 1. The number of aliphatic carboxylic acids is 1. The summed E-state index contributed by atoms with van der Waals surface area (Å²) in [5.41, 5.74) is 0.634. The number of benzene rings is 1. The van der Waals surface area contributed by atoms with Gasteiger partial charge in [0.2, 0.25) is 11.8 Å². The zero-order valence-electron chi connectivity index (χ0n) is 37.0. The number of allylic oxidation sites excluding steroid dienone is 1. The fraction of sp³-hybridized carbons (Fsp3) is 0.609. The molecular weight excluding hydrogens is 846 g/mol. The third-order valence-corrected chi connectivity index (χ3v) is 14.1. The lowest BCUT2D eigenvalue weighted by molar-refractivity contribution is -0.146. The van der Waals surface area contributed by atoms with E-state index in [1.165, 1.54) is 41.1 Å². The van der Waals surface area contributed by atoms with E-state index in [2.05, 4.69) is 20.9 Å². The zero-order chi connectivity index (χ0) is 44.8. The summed E-state index contributed by atoms with van der Waals surface area (Å²) in [6.45, 7) is 14.8. The Hall–Kier alpha value is -4.67. The van der Waals surface area contributed by atoms with E-state index in [1.54, 1.807) is 12.1 Å². The molecule has 3 aliphatic carbocycles. The smallest absolute Gasteiger partial charge is 0.408 e. The number of likely N-dealkylation sites (tertiary alicyclic amines) is 2. The van der Waals surface area contributed by atoms with E-state index in [0.29, 0.717) is 64.2 Å². The fourth-order valence-electron chi connectivity index (χ4n) is 9.31. The summed E-state index contributed by atoms with van der Waals surface area (Å²) in [6, 6.07) is 3.41. The minimum Gasteiger partial charge on any atom is -0.491 e. The van der Waals surface area contributed by atoms with Crippen molar-refractivity contribution in [1.29, 1.82) is 0 Å². The molecule has 4 heterocycles. The molecule has 8 rings (SSSR count). The minimum absolute atomic E-state index is 0.0301. The Kier molecular flexibility index (Phi) is 12.9. The van der Waals surface area contributed by atoms with Crippen molar-refractivity contribution in [3.8, 4) is 22.9 Å². The van der Waals surface area contributed by atoms with Crippen molar-refractivity contribution in [3.63, 3.8) is 0 Å². The molecule has 2 saturated carbocycles. The summed E-state index contributed by atoms with van der Waals surface area (Å²) < 4.78 is 18.8. The molecular formula is C46H60ClN7O8S. The first kappa shape index (κ1) is 44.9. The van der Waals surface area contributed by atoms with E-state index < -0.39 is 53.0 Å². The monoisotopic (exact) mass is 905 g/mol. The molecule has 1 aromatic carbocycles. The zero-order valence-corrected chi connectivity index (χ0v) is 38.6. The summed E-state index contributed by atoms with van der Waals surface area (Å²) in [7, 11) is 0. The first-order valence-electron chi connectivity index (χ1n) is 22.4. The maximum absolute atomic E-state index is 14.8. The van der Waals surface area contributed by atoms with Gasteiger partial charge in [-0.2, -0.15) is 0 Å². The van der Waals surface area contributed by atoms with Gasteiger partial charge in [0, 0.05) is 35.8 Å². The number of halogens is 1. The number of piperidine rings is 1. The molecule has 4 fully saturated rings. The number of aromatic nitrogens is 2. The van der Waals surface area contributed by atoms with Crippen molar-refractivity contribution in [2.24, 2.45) is 17.3 Å². The van der Waals surface area contributed by atoms with Crippen LogP contribution in [0.5, 0.6) is 11.5 Å². The molecule has 3 amide bonds. The van der Waals surface area contributed by atoms with Gasteiger partial charge < -0.3 is 40.2 Å². The summed E-state index contributed by atoms with van der Waals surface area (Å²) in [4.78, 5) is 68.6. The first-order chi connectivity index (χ1) is 30.0. The maximum Gasteiger partial charge on any atom is 0.408 e.